The van der Waals surface area contributed by atoms with Crippen LogP contribution in [0.25, 0.3) is 5.82 Å². The molecular weight excluding hydrogens is 272 g/mol. The highest BCUT2D eigenvalue weighted by molar-refractivity contribution is 7.90. The van der Waals surface area contributed by atoms with Crippen LogP contribution < -0.4 is 4.72 Å². The van der Waals surface area contributed by atoms with Gasteiger partial charge in [0, 0.05) is 30.0 Å². The predicted octanol–water partition coefficient (Wildman–Crippen LogP) is 2.38. The van der Waals surface area contributed by atoms with Gasteiger partial charge < -0.3 is 4.55 Å². The van der Waals surface area contributed by atoms with Gasteiger partial charge >= 0.3 is 0 Å². The molecule has 5 nitrogen and oxygen atoms in total. The van der Waals surface area contributed by atoms with Crippen LogP contribution in [0.3, 0.4) is 0 Å². The zero-order valence-corrected chi connectivity index (χ0v) is 13.0. The molecule has 0 aliphatic rings. The number of hydrogen-bond donors (Lipinski definition) is 1. The summed E-state index contributed by atoms with van der Waals surface area (Å²) >= 11 is -1.10. The fourth-order valence-electron chi connectivity index (χ4n) is 1.60. The van der Waals surface area contributed by atoms with Crippen LogP contribution in [-0.2, 0) is 11.4 Å². The molecule has 2 atom stereocenters. The number of hydrogen-bond acceptors (Lipinski definition) is 4. The predicted molar refractivity (Wildman–Crippen MR) is 80.8 cm³/mol. The largest absolute Gasteiger partial charge is 0.598 e. The highest BCUT2D eigenvalue weighted by Gasteiger charge is 2.28. The van der Waals surface area contributed by atoms with Crippen molar-refractivity contribution in [1.82, 2.24) is 19.5 Å². The number of nitrogens with zero attached hydrogens (tertiary/aromatic N) is 3. The van der Waals surface area contributed by atoms with Gasteiger partial charge in [-0.2, -0.15) is 5.10 Å². The normalized spacial score (nSPS) is 15.1. The van der Waals surface area contributed by atoms with Crippen LogP contribution in [0.5, 0.6) is 0 Å². The molecule has 2 heterocycles. The second kappa shape index (κ2) is 5.95. The van der Waals surface area contributed by atoms with E-state index in [1.807, 2.05) is 52.1 Å². The van der Waals surface area contributed by atoms with Gasteiger partial charge in [0.2, 0.25) is 0 Å². The van der Waals surface area contributed by atoms with Gasteiger partial charge in [0.1, 0.15) is 4.75 Å². The van der Waals surface area contributed by atoms with E-state index in [2.05, 4.69) is 14.8 Å². The lowest BCUT2D eigenvalue weighted by atomic mass is 10.1. The highest BCUT2D eigenvalue weighted by Crippen LogP contribution is 2.19. The first kappa shape index (κ1) is 15.0. The first-order valence-corrected chi connectivity index (χ1v) is 7.67. The van der Waals surface area contributed by atoms with E-state index in [0.717, 1.165) is 11.4 Å². The van der Waals surface area contributed by atoms with E-state index in [-0.39, 0.29) is 10.8 Å². The summed E-state index contributed by atoms with van der Waals surface area (Å²) in [6.07, 6.45) is 5.35. The summed E-state index contributed by atoms with van der Waals surface area (Å²) in [6.45, 7) is 7.82. The van der Waals surface area contributed by atoms with Crippen LogP contribution in [-0.4, -0.2) is 24.1 Å². The Balaban J connectivity index is 2.06. The molecule has 2 unspecified atom stereocenters. The molecule has 0 aromatic carbocycles. The molecule has 2 aromatic heterocycles. The summed E-state index contributed by atoms with van der Waals surface area (Å²) in [5.41, 5.74) is 0.999. The molecule has 2 aromatic rings. The molecule has 1 N–H and O–H groups in total. The average molecular weight is 292 g/mol. The Morgan fingerprint density at radius 3 is 2.60 bits per heavy atom. The molecule has 2 rings (SSSR count). The average Bonchev–Trinajstić information content (AvgIpc) is 2.91. The summed E-state index contributed by atoms with van der Waals surface area (Å²) in [5, 5.41) is 4.13. The molecule has 0 fully saturated rings. The van der Waals surface area contributed by atoms with Crippen molar-refractivity contribution >= 4 is 11.4 Å². The molecule has 0 saturated carbocycles. The molecule has 20 heavy (non-hydrogen) atoms. The monoisotopic (exact) mass is 292 g/mol. The van der Waals surface area contributed by atoms with Crippen molar-refractivity contribution in [3.63, 3.8) is 0 Å². The highest BCUT2D eigenvalue weighted by atomic mass is 32.2. The zero-order valence-electron chi connectivity index (χ0n) is 12.2. The Labute approximate surface area is 122 Å². The van der Waals surface area contributed by atoms with E-state index in [0.29, 0.717) is 0 Å². The lowest BCUT2D eigenvalue weighted by Gasteiger charge is -2.26. The lowest BCUT2D eigenvalue weighted by molar-refractivity contribution is 0.531. The van der Waals surface area contributed by atoms with Crippen molar-refractivity contribution in [1.29, 1.82) is 0 Å². The molecule has 0 bridgehead atoms. The van der Waals surface area contributed by atoms with Crippen molar-refractivity contribution in [3.8, 4) is 5.82 Å². The Bertz CT molecular complexity index is 533. The molecule has 108 valence electrons. The van der Waals surface area contributed by atoms with Crippen molar-refractivity contribution in [3.05, 3.63) is 42.4 Å². The van der Waals surface area contributed by atoms with Crippen LogP contribution in [0, 0.1) is 0 Å². The van der Waals surface area contributed by atoms with Crippen LogP contribution in [0.4, 0.5) is 0 Å². The van der Waals surface area contributed by atoms with Gasteiger partial charge in [-0.05, 0) is 45.4 Å². The van der Waals surface area contributed by atoms with Crippen LogP contribution in [0.1, 0.15) is 39.3 Å². The third kappa shape index (κ3) is 3.59. The quantitative estimate of drug-likeness (QED) is 0.879. The van der Waals surface area contributed by atoms with Gasteiger partial charge in [0.25, 0.3) is 0 Å². The number of nitrogens with one attached hydrogen (secondary N) is 1. The van der Waals surface area contributed by atoms with E-state index in [1.54, 1.807) is 17.1 Å². The first-order chi connectivity index (χ1) is 9.38. The minimum atomic E-state index is -1.10. The van der Waals surface area contributed by atoms with Crippen LogP contribution in [0.2, 0.25) is 0 Å². The van der Waals surface area contributed by atoms with E-state index < -0.39 is 11.4 Å². The van der Waals surface area contributed by atoms with Gasteiger partial charge in [0.05, 0.1) is 6.04 Å². The van der Waals surface area contributed by atoms with E-state index in [9.17, 15) is 4.55 Å². The lowest BCUT2D eigenvalue weighted by Crippen LogP contribution is -2.40. The van der Waals surface area contributed by atoms with E-state index in [1.165, 1.54) is 0 Å². The maximum Gasteiger partial charge on any atom is 0.153 e. The Kier molecular flexibility index (Phi) is 4.47. The van der Waals surface area contributed by atoms with Gasteiger partial charge in [-0.1, -0.05) is 6.07 Å². The van der Waals surface area contributed by atoms with Crippen molar-refractivity contribution < 1.29 is 4.55 Å². The summed E-state index contributed by atoms with van der Waals surface area (Å²) in [6, 6.07) is 5.71. The Morgan fingerprint density at radius 2 is 2.10 bits per heavy atom. The Hall–Kier alpha value is -1.37. The fraction of sp³-hybridized carbons (Fsp3) is 0.429. The van der Waals surface area contributed by atoms with Gasteiger partial charge in [-0.25, -0.2) is 9.67 Å². The molecule has 0 aliphatic heterocycles. The van der Waals surface area contributed by atoms with Gasteiger partial charge in [0.15, 0.2) is 5.82 Å². The van der Waals surface area contributed by atoms with Crippen LogP contribution >= 0.6 is 0 Å². The minimum Gasteiger partial charge on any atom is -0.598 e. The summed E-state index contributed by atoms with van der Waals surface area (Å²) in [4.78, 5) is 4.37. The topological polar surface area (TPSA) is 65.8 Å². The van der Waals surface area contributed by atoms with Gasteiger partial charge in [-0.15, -0.1) is 4.72 Å². The fourth-order valence-corrected chi connectivity index (χ4v) is 2.41. The number of aromatic nitrogens is 3. The second-order valence-electron chi connectivity index (χ2n) is 5.62. The van der Waals surface area contributed by atoms with Crippen molar-refractivity contribution in [2.24, 2.45) is 0 Å². The summed E-state index contributed by atoms with van der Waals surface area (Å²) in [5.74, 6) is 0.767. The molecule has 0 aliphatic carbocycles. The maximum atomic E-state index is 12.1. The minimum absolute atomic E-state index is 0.0192. The standard InChI is InChI=1S/C14H20N4OS/c1-11(17-20(19)14(2,3)4)12-6-7-13(15-10-12)18-9-5-8-16-18/h5-11,17H,1-4H3. The summed E-state index contributed by atoms with van der Waals surface area (Å²) < 4.78 is 16.6. The van der Waals surface area contributed by atoms with E-state index in [4.69, 9.17) is 0 Å². The second-order valence-corrected chi connectivity index (χ2v) is 7.62. The molecule has 0 amide bonds. The molecule has 6 heteroatoms. The van der Waals surface area contributed by atoms with Crippen molar-refractivity contribution in [2.75, 3.05) is 0 Å². The Morgan fingerprint density at radius 1 is 1.35 bits per heavy atom. The molecule has 0 radical (unpaired) electrons. The van der Waals surface area contributed by atoms with Crippen molar-refractivity contribution in [2.45, 2.75) is 38.5 Å². The number of rotatable bonds is 4. The maximum absolute atomic E-state index is 12.1. The smallest absolute Gasteiger partial charge is 0.153 e. The number of pyridine rings is 1. The first-order valence-electron chi connectivity index (χ1n) is 6.52. The molecule has 0 spiro atoms. The molecular formula is C14H20N4OS. The third-order valence-corrected chi connectivity index (χ3v) is 4.53. The van der Waals surface area contributed by atoms with Crippen LogP contribution in [0.15, 0.2) is 36.8 Å². The molecule has 0 saturated heterocycles. The zero-order chi connectivity index (χ0) is 14.8. The van der Waals surface area contributed by atoms with E-state index >= 15 is 0 Å². The van der Waals surface area contributed by atoms with Gasteiger partial charge in [-0.3, -0.25) is 0 Å². The third-order valence-electron chi connectivity index (χ3n) is 2.85. The SMILES string of the molecule is CC(N[S+]([O-])C(C)(C)C)c1ccc(-n2cccn2)nc1. The summed E-state index contributed by atoms with van der Waals surface area (Å²) in [7, 11) is 0.